The Kier molecular flexibility index (Phi) is 3.56. The number of benzene rings is 1. The average molecular weight is 302 g/mol. The minimum Gasteiger partial charge on any atom is -0.396 e. The minimum atomic E-state index is -3.75. The number of rotatable bonds is 3. The van der Waals surface area contributed by atoms with Gasteiger partial charge < -0.3 is 10.8 Å². The van der Waals surface area contributed by atoms with Crippen molar-refractivity contribution in [1.29, 1.82) is 0 Å². The summed E-state index contributed by atoms with van der Waals surface area (Å²) < 4.78 is 39.4. The van der Waals surface area contributed by atoms with Gasteiger partial charge in [0.1, 0.15) is 5.82 Å². The number of nitrogens with zero attached hydrogens (tertiary/aromatic N) is 1. The van der Waals surface area contributed by atoms with E-state index in [-0.39, 0.29) is 29.6 Å². The van der Waals surface area contributed by atoms with Crippen molar-refractivity contribution in [3.63, 3.8) is 0 Å². The van der Waals surface area contributed by atoms with Crippen molar-refractivity contribution in [2.45, 2.75) is 31.3 Å². The van der Waals surface area contributed by atoms with Crippen LogP contribution in [0.4, 0.5) is 10.1 Å². The van der Waals surface area contributed by atoms with Gasteiger partial charge in [-0.2, -0.15) is 4.31 Å². The first kappa shape index (κ1) is 15.2. The maximum Gasteiger partial charge on any atom is 0.243 e. The van der Waals surface area contributed by atoms with Crippen LogP contribution in [0.25, 0.3) is 0 Å². The van der Waals surface area contributed by atoms with Gasteiger partial charge in [-0.05, 0) is 30.5 Å². The first-order chi connectivity index (χ1) is 9.08. The molecule has 0 bridgehead atoms. The summed E-state index contributed by atoms with van der Waals surface area (Å²) in [6.07, 6.45) is 0. The molecule has 0 amide bonds. The quantitative estimate of drug-likeness (QED) is 0.819. The maximum atomic E-state index is 13.3. The van der Waals surface area contributed by atoms with E-state index < -0.39 is 21.4 Å². The Morgan fingerprint density at radius 3 is 2.45 bits per heavy atom. The van der Waals surface area contributed by atoms with Crippen molar-refractivity contribution in [2.24, 2.45) is 5.92 Å². The van der Waals surface area contributed by atoms with Crippen LogP contribution in [-0.4, -0.2) is 36.5 Å². The molecule has 1 aromatic rings. The predicted molar refractivity (Wildman–Crippen MR) is 74.1 cm³/mol. The Balaban J connectivity index is 2.32. The van der Waals surface area contributed by atoms with E-state index in [0.29, 0.717) is 5.56 Å². The molecule has 2 rings (SSSR count). The van der Waals surface area contributed by atoms with Gasteiger partial charge in [-0.15, -0.1) is 0 Å². The zero-order valence-corrected chi connectivity index (χ0v) is 12.5. The Hall–Kier alpha value is -1.18. The van der Waals surface area contributed by atoms with Gasteiger partial charge in [0.15, 0.2) is 0 Å². The van der Waals surface area contributed by atoms with Crippen LogP contribution in [0.1, 0.15) is 19.4 Å². The third-order valence-electron chi connectivity index (χ3n) is 3.89. The number of halogens is 1. The number of hydrogen-bond donors (Lipinski definition) is 2. The van der Waals surface area contributed by atoms with Crippen LogP contribution in [0.5, 0.6) is 0 Å². The van der Waals surface area contributed by atoms with Crippen LogP contribution in [-0.2, 0) is 10.0 Å². The summed E-state index contributed by atoms with van der Waals surface area (Å²) in [6, 6.07) is 2.24. The number of β-amino-alcohol motifs (C(OH)–C–C–N with tert-alkyl or cyclic N) is 1. The average Bonchev–Trinajstić information content (AvgIpc) is 2.29. The van der Waals surface area contributed by atoms with Gasteiger partial charge in [0.25, 0.3) is 0 Å². The normalized spacial score (nSPS) is 19.1. The van der Waals surface area contributed by atoms with E-state index in [1.165, 1.54) is 11.2 Å². The largest absolute Gasteiger partial charge is 0.396 e. The molecule has 0 radical (unpaired) electrons. The molecule has 112 valence electrons. The Morgan fingerprint density at radius 1 is 1.40 bits per heavy atom. The molecule has 1 heterocycles. The number of nitrogen functional groups attached to an aromatic ring is 1. The fraction of sp³-hybridized carbons (Fsp3) is 0.538. The van der Waals surface area contributed by atoms with Crippen LogP contribution < -0.4 is 5.73 Å². The highest BCUT2D eigenvalue weighted by atomic mass is 32.2. The highest BCUT2D eigenvalue weighted by Gasteiger charge is 2.49. The lowest BCUT2D eigenvalue weighted by atomic mass is 9.85. The van der Waals surface area contributed by atoms with Crippen molar-refractivity contribution >= 4 is 15.7 Å². The summed E-state index contributed by atoms with van der Waals surface area (Å²) >= 11 is 0. The molecule has 1 aliphatic heterocycles. The number of nitrogens with two attached hydrogens (primary N) is 1. The first-order valence-electron chi connectivity index (χ1n) is 6.36. The highest BCUT2D eigenvalue weighted by molar-refractivity contribution is 7.89. The van der Waals surface area contributed by atoms with Gasteiger partial charge in [0.05, 0.1) is 16.2 Å². The highest BCUT2D eigenvalue weighted by Crippen LogP contribution is 2.34. The molecule has 0 atom stereocenters. The molecule has 3 N–H and O–H groups in total. The third kappa shape index (κ3) is 2.30. The monoisotopic (exact) mass is 302 g/mol. The fourth-order valence-electron chi connectivity index (χ4n) is 2.19. The smallest absolute Gasteiger partial charge is 0.243 e. The summed E-state index contributed by atoms with van der Waals surface area (Å²) in [7, 11) is -3.75. The Bertz CT molecular complexity index is 637. The van der Waals surface area contributed by atoms with Crippen LogP contribution in [0.15, 0.2) is 17.0 Å². The number of aryl methyl sites for hydroxylation is 1. The molecule has 5 nitrogen and oxygen atoms in total. The molecule has 20 heavy (non-hydrogen) atoms. The molecular formula is C13H19FN2O3S. The van der Waals surface area contributed by atoms with E-state index in [0.717, 1.165) is 12.1 Å². The first-order valence-corrected chi connectivity index (χ1v) is 7.80. The van der Waals surface area contributed by atoms with Crippen LogP contribution in [0.2, 0.25) is 0 Å². The van der Waals surface area contributed by atoms with E-state index in [4.69, 9.17) is 5.73 Å². The van der Waals surface area contributed by atoms with Crippen molar-refractivity contribution in [2.75, 3.05) is 18.8 Å². The lowest BCUT2D eigenvalue weighted by Gasteiger charge is -2.48. The second kappa shape index (κ2) is 4.68. The molecule has 7 heteroatoms. The zero-order chi connectivity index (χ0) is 15.3. The second-order valence-corrected chi connectivity index (χ2v) is 7.58. The number of anilines is 1. The summed E-state index contributed by atoms with van der Waals surface area (Å²) in [5.74, 6) is -0.669. The lowest BCUT2D eigenvalue weighted by molar-refractivity contribution is -0.0932. The van der Waals surface area contributed by atoms with Crippen molar-refractivity contribution in [3.05, 3.63) is 23.5 Å². The minimum absolute atomic E-state index is 0.0118. The molecule has 0 aromatic heterocycles. The molecule has 1 aliphatic rings. The van der Waals surface area contributed by atoms with Gasteiger partial charge in [0.2, 0.25) is 10.0 Å². The lowest BCUT2D eigenvalue weighted by Crippen LogP contribution is -2.65. The molecule has 0 unspecified atom stereocenters. The van der Waals surface area contributed by atoms with Gasteiger partial charge in [-0.25, -0.2) is 12.8 Å². The fourth-order valence-corrected chi connectivity index (χ4v) is 3.99. The van der Waals surface area contributed by atoms with Gasteiger partial charge in [0, 0.05) is 13.1 Å². The van der Waals surface area contributed by atoms with E-state index in [9.17, 15) is 17.9 Å². The molecule has 1 fully saturated rings. The molecule has 0 spiro atoms. The summed E-state index contributed by atoms with van der Waals surface area (Å²) in [5.41, 5.74) is 4.55. The predicted octanol–water partition coefficient (Wildman–Crippen LogP) is 1.11. The third-order valence-corrected chi connectivity index (χ3v) is 5.82. The number of sulfonamides is 1. The standard InChI is InChI=1S/C13H19FN2O3S/c1-8(2)13(17)6-16(7-13)20(18,19)12-5-11(15)10(14)4-9(12)3/h4-5,8,17H,6-7,15H2,1-3H3. The van der Waals surface area contributed by atoms with Crippen LogP contribution in [0, 0.1) is 18.7 Å². The Labute approximate surface area is 118 Å². The Morgan fingerprint density at radius 2 is 1.95 bits per heavy atom. The van der Waals surface area contributed by atoms with Gasteiger partial charge in [-0.3, -0.25) is 0 Å². The van der Waals surface area contributed by atoms with E-state index in [1.807, 2.05) is 13.8 Å². The van der Waals surface area contributed by atoms with E-state index >= 15 is 0 Å². The van der Waals surface area contributed by atoms with Crippen LogP contribution in [0.3, 0.4) is 0 Å². The molecule has 1 aromatic carbocycles. The summed E-state index contributed by atoms with van der Waals surface area (Å²) in [6.45, 7) is 5.29. The van der Waals surface area contributed by atoms with E-state index in [2.05, 4.69) is 0 Å². The summed E-state index contributed by atoms with van der Waals surface area (Å²) in [5, 5.41) is 10.1. The van der Waals surface area contributed by atoms with Crippen molar-refractivity contribution < 1.29 is 17.9 Å². The summed E-state index contributed by atoms with van der Waals surface area (Å²) in [4.78, 5) is -0.0118. The zero-order valence-electron chi connectivity index (χ0n) is 11.7. The maximum absolute atomic E-state index is 13.3. The molecule has 0 saturated carbocycles. The topological polar surface area (TPSA) is 83.6 Å². The molecule has 0 aliphatic carbocycles. The van der Waals surface area contributed by atoms with E-state index in [1.54, 1.807) is 0 Å². The number of aliphatic hydroxyl groups is 1. The molecule has 1 saturated heterocycles. The van der Waals surface area contributed by atoms with Crippen molar-refractivity contribution in [1.82, 2.24) is 4.31 Å². The SMILES string of the molecule is Cc1cc(F)c(N)cc1S(=O)(=O)N1CC(O)(C(C)C)C1. The second-order valence-electron chi connectivity index (χ2n) is 5.67. The molecular weight excluding hydrogens is 283 g/mol. The number of hydrogen-bond acceptors (Lipinski definition) is 4. The van der Waals surface area contributed by atoms with Crippen LogP contribution >= 0.6 is 0 Å². The van der Waals surface area contributed by atoms with Gasteiger partial charge in [-0.1, -0.05) is 13.8 Å². The van der Waals surface area contributed by atoms with Crippen molar-refractivity contribution in [3.8, 4) is 0 Å². The van der Waals surface area contributed by atoms with Gasteiger partial charge >= 0.3 is 0 Å².